The van der Waals surface area contributed by atoms with Crippen LogP contribution in [-0.2, 0) is 0 Å². The standard InChI is InChI=1S/C22H31N5O6/c28-14-18-20(30)21(31)19(29)13-26(18)11-4-2-1-3-8-23-16-7-6-15(12-17(16)27(32)33)22-24-9-5-10-25-22/h5-7,9-10,12,18-21,23,28-31H,1-4,8,11,13-14H2. The lowest BCUT2D eigenvalue weighted by molar-refractivity contribution is -0.383. The second-order valence-corrected chi connectivity index (χ2v) is 8.20. The van der Waals surface area contributed by atoms with Crippen molar-refractivity contribution in [3.63, 3.8) is 0 Å². The molecule has 0 bridgehead atoms. The van der Waals surface area contributed by atoms with Crippen molar-refractivity contribution in [2.75, 3.05) is 31.6 Å². The molecule has 1 fully saturated rings. The molecular weight excluding hydrogens is 430 g/mol. The van der Waals surface area contributed by atoms with E-state index in [4.69, 9.17) is 0 Å². The second-order valence-electron chi connectivity index (χ2n) is 8.20. The summed E-state index contributed by atoms with van der Waals surface area (Å²) in [6.45, 7) is 1.09. The van der Waals surface area contributed by atoms with Crippen LogP contribution in [0.3, 0.4) is 0 Å². The lowest BCUT2D eigenvalue weighted by atomic mass is 9.94. The average Bonchev–Trinajstić information content (AvgIpc) is 2.82. The van der Waals surface area contributed by atoms with Crippen LogP contribution in [0.4, 0.5) is 11.4 Å². The van der Waals surface area contributed by atoms with Gasteiger partial charge in [0.05, 0.1) is 23.7 Å². The number of hydrogen-bond donors (Lipinski definition) is 5. The van der Waals surface area contributed by atoms with Gasteiger partial charge in [-0.1, -0.05) is 12.8 Å². The summed E-state index contributed by atoms with van der Waals surface area (Å²) in [5.74, 6) is 0.429. The Balaban J connectivity index is 1.42. The number of β-amino-alcohol motifs (C(OH)–C–C–N with tert-alkyl or cyclic N) is 1. The van der Waals surface area contributed by atoms with Crippen LogP contribution < -0.4 is 5.32 Å². The largest absolute Gasteiger partial charge is 0.395 e. The molecule has 3 rings (SSSR count). The van der Waals surface area contributed by atoms with Crippen LogP contribution in [-0.4, -0.2) is 90.8 Å². The summed E-state index contributed by atoms with van der Waals surface area (Å²) in [6, 6.07) is 5.98. The van der Waals surface area contributed by atoms with Crippen molar-refractivity contribution in [3.8, 4) is 11.4 Å². The van der Waals surface area contributed by atoms with E-state index in [1.807, 2.05) is 4.90 Å². The van der Waals surface area contributed by atoms with Crippen molar-refractivity contribution in [1.82, 2.24) is 14.9 Å². The van der Waals surface area contributed by atoms with Gasteiger partial charge in [-0.05, 0) is 37.6 Å². The van der Waals surface area contributed by atoms with Crippen molar-refractivity contribution in [1.29, 1.82) is 0 Å². The highest BCUT2D eigenvalue weighted by Gasteiger charge is 2.40. The Hall–Kier alpha value is -2.70. The molecule has 0 amide bonds. The number of nitro benzene ring substituents is 1. The van der Waals surface area contributed by atoms with E-state index in [0.29, 0.717) is 30.2 Å². The minimum atomic E-state index is -1.25. The Morgan fingerprint density at radius 3 is 2.52 bits per heavy atom. The van der Waals surface area contributed by atoms with Gasteiger partial charge in [0.25, 0.3) is 5.69 Å². The SMILES string of the molecule is O=[N+]([O-])c1cc(-c2ncccn2)ccc1NCCCCCCN1CC(O)C(O)C(O)C1CO. The highest BCUT2D eigenvalue weighted by Crippen LogP contribution is 2.29. The Morgan fingerprint density at radius 2 is 1.82 bits per heavy atom. The molecule has 0 radical (unpaired) electrons. The number of unbranched alkanes of at least 4 members (excludes halogenated alkanes) is 3. The number of aromatic nitrogens is 2. The van der Waals surface area contributed by atoms with E-state index in [9.17, 15) is 30.5 Å². The fraction of sp³-hybridized carbons (Fsp3) is 0.545. The van der Waals surface area contributed by atoms with Gasteiger partial charge in [-0.3, -0.25) is 15.0 Å². The lowest BCUT2D eigenvalue weighted by Crippen LogP contribution is -2.62. The first-order chi connectivity index (χ1) is 15.9. The molecule has 0 spiro atoms. The topological polar surface area (TPSA) is 165 Å². The summed E-state index contributed by atoms with van der Waals surface area (Å²) in [7, 11) is 0. The van der Waals surface area contributed by atoms with Crippen molar-refractivity contribution in [2.24, 2.45) is 0 Å². The Labute approximate surface area is 191 Å². The van der Waals surface area contributed by atoms with Crippen molar-refractivity contribution < 1.29 is 25.3 Å². The molecule has 1 aromatic heterocycles. The van der Waals surface area contributed by atoms with Gasteiger partial charge < -0.3 is 25.7 Å². The number of aliphatic hydroxyl groups excluding tert-OH is 4. The third-order valence-electron chi connectivity index (χ3n) is 5.92. The summed E-state index contributed by atoms with van der Waals surface area (Å²) >= 11 is 0. The second kappa shape index (κ2) is 12.0. The quantitative estimate of drug-likeness (QED) is 0.183. The number of hydrogen-bond acceptors (Lipinski definition) is 10. The van der Waals surface area contributed by atoms with Gasteiger partial charge in [0.15, 0.2) is 5.82 Å². The molecule has 11 nitrogen and oxygen atoms in total. The summed E-state index contributed by atoms with van der Waals surface area (Å²) in [4.78, 5) is 21.1. The van der Waals surface area contributed by atoms with Gasteiger partial charge in [-0.2, -0.15) is 0 Å². The van der Waals surface area contributed by atoms with Crippen LogP contribution in [0.5, 0.6) is 0 Å². The Bertz CT molecular complexity index is 902. The number of piperidine rings is 1. The first-order valence-electron chi connectivity index (χ1n) is 11.1. The molecule has 4 atom stereocenters. The van der Waals surface area contributed by atoms with E-state index in [-0.39, 0.29) is 18.8 Å². The van der Waals surface area contributed by atoms with E-state index in [1.54, 1.807) is 30.6 Å². The third-order valence-corrected chi connectivity index (χ3v) is 5.92. The molecule has 1 aliphatic heterocycles. The fourth-order valence-corrected chi connectivity index (χ4v) is 4.07. The van der Waals surface area contributed by atoms with Crippen LogP contribution >= 0.6 is 0 Å². The summed E-state index contributed by atoms with van der Waals surface area (Å²) in [5, 5.41) is 53.8. The smallest absolute Gasteiger partial charge is 0.293 e. The van der Waals surface area contributed by atoms with Crippen LogP contribution in [0.15, 0.2) is 36.7 Å². The first-order valence-corrected chi connectivity index (χ1v) is 11.1. The van der Waals surface area contributed by atoms with Gasteiger partial charge in [0, 0.05) is 37.1 Å². The molecule has 5 N–H and O–H groups in total. The van der Waals surface area contributed by atoms with Crippen LogP contribution in [0.1, 0.15) is 25.7 Å². The van der Waals surface area contributed by atoms with Gasteiger partial charge in [-0.15, -0.1) is 0 Å². The monoisotopic (exact) mass is 461 g/mol. The number of nitrogens with zero attached hydrogens (tertiary/aromatic N) is 4. The zero-order chi connectivity index (χ0) is 23.8. The molecule has 1 saturated heterocycles. The zero-order valence-electron chi connectivity index (χ0n) is 18.3. The molecule has 1 aliphatic rings. The van der Waals surface area contributed by atoms with E-state index < -0.39 is 29.3 Å². The number of rotatable bonds is 11. The zero-order valence-corrected chi connectivity index (χ0v) is 18.3. The maximum Gasteiger partial charge on any atom is 0.293 e. The number of nitrogens with one attached hydrogen (secondary N) is 1. The molecule has 1 aromatic carbocycles. The molecule has 2 aromatic rings. The molecule has 0 saturated carbocycles. The Kier molecular flexibility index (Phi) is 9.03. The van der Waals surface area contributed by atoms with Crippen LogP contribution in [0.2, 0.25) is 0 Å². The normalized spacial score (nSPS) is 23.4. The molecule has 4 unspecified atom stereocenters. The number of likely N-dealkylation sites (tertiary alicyclic amines) is 1. The molecule has 180 valence electrons. The van der Waals surface area contributed by atoms with Gasteiger partial charge in [-0.25, -0.2) is 9.97 Å². The maximum atomic E-state index is 11.5. The predicted octanol–water partition coefficient (Wildman–Crippen LogP) is 0.783. The average molecular weight is 462 g/mol. The minimum Gasteiger partial charge on any atom is -0.395 e. The van der Waals surface area contributed by atoms with E-state index in [2.05, 4.69) is 15.3 Å². The van der Waals surface area contributed by atoms with Crippen molar-refractivity contribution in [3.05, 3.63) is 46.8 Å². The molecule has 33 heavy (non-hydrogen) atoms. The van der Waals surface area contributed by atoms with Gasteiger partial charge in [0.1, 0.15) is 17.9 Å². The first kappa shape index (κ1) is 24.9. The maximum absolute atomic E-state index is 11.5. The molecule has 0 aliphatic carbocycles. The van der Waals surface area contributed by atoms with Crippen LogP contribution in [0.25, 0.3) is 11.4 Å². The molecular formula is C22H31N5O6. The molecule has 2 heterocycles. The number of nitro groups is 1. The molecule has 11 heteroatoms. The Morgan fingerprint density at radius 1 is 1.09 bits per heavy atom. The highest BCUT2D eigenvalue weighted by molar-refractivity contribution is 5.70. The fourth-order valence-electron chi connectivity index (χ4n) is 4.07. The number of anilines is 1. The highest BCUT2D eigenvalue weighted by atomic mass is 16.6. The third kappa shape index (κ3) is 6.42. The van der Waals surface area contributed by atoms with E-state index in [0.717, 1.165) is 25.7 Å². The van der Waals surface area contributed by atoms with Crippen LogP contribution in [0, 0.1) is 10.1 Å². The van der Waals surface area contributed by atoms with Gasteiger partial charge in [0.2, 0.25) is 0 Å². The lowest BCUT2D eigenvalue weighted by Gasteiger charge is -2.43. The van der Waals surface area contributed by atoms with Crippen molar-refractivity contribution in [2.45, 2.75) is 50.0 Å². The predicted molar refractivity (Wildman–Crippen MR) is 122 cm³/mol. The van der Waals surface area contributed by atoms with Crippen molar-refractivity contribution >= 4 is 11.4 Å². The number of aliphatic hydroxyl groups is 4. The minimum absolute atomic E-state index is 0.0283. The summed E-state index contributed by atoms with van der Waals surface area (Å²) in [6.07, 6.45) is 3.10. The van der Waals surface area contributed by atoms with E-state index >= 15 is 0 Å². The summed E-state index contributed by atoms with van der Waals surface area (Å²) < 4.78 is 0. The number of benzene rings is 1. The van der Waals surface area contributed by atoms with E-state index in [1.165, 1.54) is 6.07 Å². The summed E-state index contributed by atoms with van der Waals surface area (Å²) in [5.41, 5.74) is 0.995. The van der Waals surface area contributed by atoms with Gasteiger partial charge >= 0.3 is 0 Å².